The number of hydrogen-bond acceptors (Lipinski definition) is 2. The maximum Gasteiger partial charge on any atom is 0.279 e. The Morgan fingerprint density at radius 3 is 3.00 bits per heavy atom. The van der Waals surface area contributed by atoms with Gasteiger partial charge in [0.1, 0.15) is 0 Å². The van der Waals surface area contributed by atoms with Crippen molar-refractivity contribution in [2.75, 3.05) is 12.3 Å². The Labute approximate surface area is 46.7 Å². The number of carbonyl (C=O) groups is 1. The normalized spacial score (nSPS) is 21.4. The van der Waals surface area contributed by atoms with Crippen LogP contribution in [0.25, 0.3) is 0 Å². The van der Waals surface area contributed by atoms with E-state index < -0.39 is 0 Å². The fourth-order valence-electron chi connectivity index (χ4n) is 0.400. The Morgan fingerprint density at radius 2 is 2.71 bits per heavy atom. The van der Waals surface area contributed by atoms with Crippen LogP contribution in [0.5, 0.6) is 0 Å². The van der Waals surface area contributed by atoms with E-state index in [1.807, 2.05) is 6.42 Å². The first-order valence-corrected chi connectivity index (χ1v) is 3.10. The third-order valence-corrected chi connectivity index (χ3v) is 1.53. The van der Waals surface area contributed by atoms with Crippen molar-refractivity contribution in [1.82, 2.24) is 5.32 Å². The Hall–Kier alpha value is -0.180. The lowest BCUT2D eigenvalue weighted by atomic mass is 10.5. The summed E-state index contributed by atoms with van der Waals surface area (Å²) in [6, 6.07) is 0. The molecular formula is C4H6NOS. The molecule has 7 heavy (non-hydrogen) atoms. The van der Waals surface area contributed by atoms with Gasteiger partial charge < -0.3 is 5.32 Å². The van der Waals surface area contributed by atoms with Crippen molar-refractivity contribution >= 4 is 17.0 Å². The van der Waals surface area contributed by atoms with Gasteiger partial charge in [0, 0.05) is 12.3 Å². The number of amides is 1. The molecule has 1 aliphatic rings. The molecular weight excluding hydrogens is 110 g/mol. The van der Waals surface area contributed by atoms with E-state index in [2.05, 4.69) is 5.32 Å². The van der Waals surface area contributed by atoms with Gasteiger partial charge in [0.25, 0.3) is 5.24 Å². The summed E-state index contributed by atoms with van der Waals surface area (Å²) in [5, 5.41) is 2.75. The van der Waals surface area contributed by atoms with Gasteiger partial charge in [-0.15, -0.1) is 0 Å². The van der Waals surface area contributed by atoms with Gasteiger partial charge in [-0.25, -0.2) is 0 Å². The van der Waals surface area contributed by atoms with Crippen LogP contribution in [0.4, 0.5) is 4.79 Å². The molecule has 1 radical (unpaired) electrons. The molecule has 0 spiro atoms. The first-order valence-electron chi connectivity index (χ1n) is 2.12. The topological polar surface area (TPSA) is 29.1 Å². The SMILES string of the molecule is O=C1NC[CH]CS1. The molecule has 1 fully saturated rings. The van der Waals surface area contributed by atoms with Crippen LogP contribution in [0.1, 0.15) is 0 Å². The molecule has 0 atom stereocenters. The van der Waals surface area contributed by atoms with Crippen molar-refractivity contribution in [3.63, 3.8) is 0 Å². The van der Waals surface area contributed by atoms with E-state index in [1.54, 1.807) is 0 Å². The molecule has 1 heterocycles. The van der Waals surface area contributed by atoms with Gasteiger partial charge in [-0.1, -0.05) is 11.8 Å². The lowest BCUT2D eigenvalue weighted by Crippen LogP contribution is -2.25. The Kier molecular flexibility index (Phi) is 1.57. The average molecular weight is 116 g/mol. The van der Waals surface area contributed by atoms with Gasteiger partial charge in [-0.3, -0.25) is 4.79 Å². The van der Waals surface area contributed by atoms with Crippen molar-refractivity contribution in [2.45, 2.75) is 0 Å². The second kappa shape index (κ2) is 2.21. The predicted octanol–water partition coefficient (Wildman–Crippen LogP) is 0.647. The molecule has 0 saturated carbocycles. The molecule has 0 unspecified atom stereocenters. The summed E-state index contributed by atoms with van der Waals surface area (Å²) in [5.41, 5.74) is 0. The highest BCUT2D eigenvalue weighted by atomic mass is 32.2. The summed E-state index contributed by atoms with van der Waals surface area (Å²) < 4.78 is 0. The van der Waals surface area contributed by atoms with Gasteiger partial charge in [0.2, 0.25) is 0 Å². The van der Waals surface area contributed by atoms with E-state index in [-0.39, 0.29) is 5.24 Å². The van der Waals surface area contributed by atoms with Crippen LogP contribution in [0.15, 0.2) is 0 Å². The van der Waals surface area contributed by atoms with Crippen molar-refractivity contribution in [2.24, 2.45) is 0 Å². The molecule has 0 aromatic carbocycles. The molecule has 1 saturated heterocycles. The van der Waals surface area contributed by atoms with Crippen molar-refractivity contribution in [1.29, 1.82) is 0 Å². The van der Waals surface area contributed by atoms with Crippen LogP contribution < -0.4 is 5.32 Å². The molecule has 0 bridgehead atoms. The van der Waals surface area contributed by atoms with Crippen LogP contribution in [-0.4, -0.2) is 17.5 Å². The number of carbonyl (C=O) groups excluding carboxylic acids is 1. The van der Waals surface area contributed by atoms with Gasteiger partial charge in [-0.05, 0) is 6.42 Å². The maximum absolute atomic E-state index is 10.3. The van der Waals surface area contributed by atoms with Gasteiger partial charge in [0.05, 0.1) is 0 Å². The van der Waals surface area contributed by atoms with Crippen LogP contribution in [0.3, 0.4) is 0 Å². The number of nitrogens with one attached hydrogen (secondary N) is 1. The van der Waals surface area contributed by atoms with Crippen molar-refractivity contribution in [3.05, 3.63) is 6.42 Å². The molecule has 3 heteroatoms. The Balaban J connectivity index is 2.25. The molecule has 1 N–H and O–H groups in total. The van der Waals surface area contributed by atoms with Crippen LogP contribution in [0.2, 0.25) is 0 Å². The molecule has 0 aromatic heterocycles. The standard InChI is InChI=1S/C4H6NOS/c6-4-5-2-1-3-7-4/h1H,2-3H2,(H,5,6). The summed E-state index contributed by atoms with van der Waals surface area (Å²) in [5.74, 6) is 0.867. The van der Waals surface area contributed by atoms with Crippen LogP contribution >= 0.6 is 11.8 Å². The first-order chi connectivity index (χ1) is 3.39. The molecule has 1 rings (SSSR count). The molecule has 1 amide bonds. The van der Waals surface area contributed by atoms with Gasteiger partial charge in [0.15, 0.2) is 0 Å². The molecule has 0 aromatic rings. The highest BCUT2D eigenvalue weighted by Gasteiger charge is 2.05. The van der Waals surface area contributed by atoms with E-state index in [9.17, 15) is 4.79 Å². The van der Waals surface area contributed by atoms with E-state index >= 15 is 0 Å². The third-order valence-electron chi connectivity index (χ3n) is 0.723. The summed E-state index contributed by atoms with van der Waals surface area (Å²) in [7, 11) is 0. The number of rotatable bonds is 0. The minimum atomic E-state index is 0.0995. The fourth-order valence-corrected chi connectivity index (χ4v) is 0.973. The monoisotopic (exact) mass is 116 g/mol. The molecule has 39 valence electrons. The summed E-state index contributed by atoms with van der Waals surface area (Å²) in [4.78, 5) is 10.3. The van der Waals surface area contributed by atoms with Crippen LogP contribution in [0, 0.1) is 6.42 Å². The largest absolute Gasteiger partial charge is 0.347 e. The second-order valence-electron chi connectivity index (χ2n) is 1.27. The highest BCUT2D eigenvalue weighted by molar-refractivity contribution is 8.13. The van der Waals surface area contributed by atoms with Gasteiger partial charge >= 0.3 is 0 Å². The van der Waals surface area contributed by atoms with Gasteiger partial charge in [-0.2, -0.15) is 0 Å². The van der Waals surface area contributed by atoms with E-state index in [0.29, 0.717) is 0 Å². The van der Waals surface area contributed by atoms with Crippen molar-refractivity contribution < 1.29 is 4.79 Å². The zero-order valence-electron chi connectivity index (χ0n) is 3.81. The van der Waals surface area contributed by atoms with E-state index in [0.717, 1.165) is 12.3 Å². The van der Waals surface area contributed by atoms with E-state index in [4.69, 9.17) is 0 Å². The fraction of sp³-hybridized carbons (Fsp3) is 0.500. The van der Waals surface area contributed by atoms with E-state index in [1.165, 1.54) is 11.8 Å². The first kappa shape index (κ1) is 4.97. The van der Waals surface area contributed by atoms with Crippen molar-refractivity contribution in [3.8, 4) is 0 Å². The Bertz CT molecular complexity index is 75.8. The minimum absolute atomic E-state index is 0.0995. The molecule has 0 aliphatic carbocycles. The predicted molar refractivity (Wildman–Crippen MR) is 30.2 cm³/mol. The zero-order chi connectivity index (χ0) is 5.11. The second-order valence-corrected chi connectivity index (χ2v) is 2.26. The minimum Gasteiger partial charge on any atom is -0.347 e. The highest BCUT2D eigenvalue weighted by Crippen LogP contribution is 2.05. The average Bonchev–Trinajstić information content (AvgIpc) is 1.69. The summed E-state index contributed by atoms with van der Waals surface area (Å²) >= 11 is 1.31. The Morgan fingerprint density at radius 1 is 1.86 bits per heavy atom. The molecule has 1 aliphatic heterocycles. The third kappa shape index (κ3) is 1.39. The maximum atomic E-state index is 10.3. The lowest BCUT2D eigenvalue weighted by molar-refractivity contribution is 0.261. The smallest absolute Gasteiger partial charge is 0.279 e. The summed E-state index contributed by atoms with van der Waals surface area (Å²) in [6.07, 6.45) is 2.03. The zero-order valence-corrected chi connectivity index (χ0v) is 4.62. The number of hydrogen-bond donors (Lipinski definition) is 1. The molecule has 2 nitrogen and oxygen atoms in total. The quantitative estimate of drug-likeness (QED) is 0.503. The number of thioether (sulfide) groups is 1. The summed E-state index contributed by atoms with van der Waals surface area (Å²) in [6.45, 7) is 0.742. The lowest BCUT2D eigenvalue weighted by Gasteiger charge is -2.07. The van der Waals surface area contributed by atoms with Crippen LogP contribution in [-0.2, 0) is 0 Å².